The van der Waals surface area contributed by atoms with Gasteiger partial charge in [-0.2, -0.15) is 0 Å². The SMILES string of the molecule is CN(C)c1ccc(/C=C/[C@@H]2[C@@H](c3ccc(N(C)C)cc3)[C@H](C=O)[C@H]3CCCN23)cc1. The highest BCUT2D eigenvalue weighted by atomic mass is 16.1. The van der Waals surface area contributed by atoms with E-state index in [2.05, 4.69) is 104 Å². The lowest BCUT2D eigenvalue weighted by atomic mass is 9.81. The molecule has 2 aromatic rings. The Morgan fingerprint density at radius 2 is 1.50 bits per heavy atom. The summed E-state index contributed by atoms with van der Waals surface area (Å²) in [6, 6.07) is 18.0. The fourth-order valence-electron chi connectivity index (χ4n) is 5.18. The first-order valence-corrected chi connectivity index (χ1v) is 10.9. The third-order valence-corrected chi connectivity index (χ3v) is 6.80. The zero-order valence-electron chi connectivity index (χ0n) is 18.5. The third kappa shape index (κ3) is 3.89. The highest BCUT2D eigenvalue weighted by Gasteiger charge is 2.49. The molecule has 0 aromatic heterocycles. The number of rotatable bonds is 6. The van der Waals surface area contributed by atoms with Crippen molar-refractivity contribution in [2.45, 2.75) is 30.8 Å². The molecule has 0 spiro atoms. The Kier molecular flexibility index (Phi) is 5.96. The van der Waals surface area contributed by atoms with Gasteiger partial charge in [0.2, 0.25) is 0 Å². The molecule has 2 aliphatic heterocycles. The smallest absolute Gasteiger partial charge is 0.125 e. The number of hydrogen-bond donors (Lipinski definition) is 0. The van der Waals surface area contributed by atoms with Crippen molar-refractivity contribution in [2.24, 2.45) is 5.92 Å². The van der Waals surface area contributed by atoms with E-state index in [4.69, 9.17) is 0 Å². The average molecular weight is 404 g/mol. The summed E-state index contributed by atoms with van der Waals surface area (Å²) >= 11 is 0. The molecule has 4 atom stereocenters. The maximum Gasteiger partial charge on any atom is 0.125 e. The molecular formula is C26H33N3O. The van der Waals surface area contributed by atoms with Crippen molar-refractivity contribution in [1.29, 1.82) is 0 Å². The molecular weight excluding hydrogens is 370 g/mol. The molecule has 4 heteroatoms. The lowest BCUT2D eigenvalue weighted by molar-refractivity contribution is -0.111. The number of nitrogens with zero attached hydrogens (tertiary/aromatic N) is 3. The Labute approximate surface area is 180 Å². The second kappa shape index (κ2) is 8.65. The van der Waals surface area contributed by atoms with Gasteiger partial charge in [0.1, 0.15) is 6.29 Å². The fraction of sp³-hybridized carbons (Fsp3) is 0.423. The van der Waals surface area contributed by atoms with Gasteiger partial charge in [-0.05, 0) is 54.8 Å². The quantitative estimate of drug-likeness (QED) is 0.673. The topological polar surface area (TPSA) is 26.8 Å². The van der Waals surface area contributed by atoms with Gasteiger partial charge in [0.05, 0.1) is 0 Å². The molecule has 0 aliphatic carbocycles. The van der Waals surface area contributed by atoms with Crippen LogP contribution in [0.3, 0.4) is 0 Å². The summed E-state index contributed by atoms with van der Waals surface area (Å²) in [5.41, 5.74) is 4.86. The summed E-state index contributed by atoms with van der Waals surface area (Å²) in [6.07, 6.45) is 8.08. The van der Waals surface area contributed by atoms with Crippen LogP contribution in [0.2, 0.25) is 0 Å². The van der Waals surface area contributed by atoms with E-state index in [1.807, 2.05) is 0 Å². The molecule has 30 heavy (non-hydrogen) atoms. The Bertz CT molecular complexity index is 885. The molecule has 0 amide bonds. The Morgan fingerprint density at radius 3 is 2.07 bits per heavy atom. The molecule has 2 aromatic carbocycles. The minimum absolute atomic E-state index is 0.0588. The number of fused-ring (bicyclic) bond motifs is 1. The van der Waals surface area contributed by atoms with Crippen molar-refractivity contribution in [1.82, 2.24) is 4.90 Å². The summed E-state index contributed by atoms with van der Waals surface area (Å²) in [5, 5.41) is 0. The van der Waals surface area contributed by atoms with Crippen LogP contribution in [0, 0.1) is 5.92 Å². The van der Waals surface area contributed by atoms with Crippen molar-refractivity contribution in [3.63, 3.8) is 0 Å². The van der Waals surface area contributed by atoms with Crippen molar-refractivity contribution in [3.8, 4) is 0 Å². The molecule has 2 aliphatic rings. The summed E-state index contributed by atoms with van der Waals surface area (Å²) in [7, 11) is 8.23. The van der Waals surface area contributed by atoms with Gasteiger partial charge in [0.25, 0.3) is 0 Å². The van der Waals surface area contributed by atoms with E-state index in [-0.39, 0.29) is 17.9 Å². The van der Waals surface area contributed by atoms with E-state index >= 15 is 0 Å². The summed E-state index contributed by atoms with van der Waals surface area (Å²) in [6.45, 7) is 1.08. The van der Waals surface area contributed by atoms with Crippen LogP contribution in [0.25, 0.3) is 6.08 Å². The Balaban J connectivity index is 1.64. The van der Waals surface area contributed by atoms with Gasteiger partial charge in [-0.25, -0.2) is 0 Å². The van der Waals surface area contributed by atoms with Crippen LogP contribution in [0.5, 0.6) is 0 Å². The van der Waals surface area contributed by atoms with Gasteiger partial charge in [-0.1, -0.05) is 36.4 Å². The number of anilines is 2. The maximum atomic E-state index is 12.2. The predicted molar refractivity (Wildman–Crippen MR) is 126 cm³/mol. The number of carbonyl (C=O) groups excluding carboxylic acids is 1. The normalized spacial score (nSPS) is 26.1. The maximum absolute atomic E-state index is 12.2. The third-order valence-electron chi connectivity index (χ3n) is 6.80. The molecule has 0 radical (unpaired) electrons. The fourth-order valence-corrected chi connectivity index (χ4v) is 5.18. The van der Waals surface area contributed by atoms with E-state index in [9.17, 15) is 4.79 Å². The van der Waals surface area contributed by atoms with Gasteiger partial charge in [-0.3, -0.25) is 4.90 Å². The predicted octanol–water partition coefficient (Wildman–Crippen LogP) is 4.28. The number of carbonyl (C=O) groups is 1. The van der Waals surface area contributed by atoms with Crippen molar-refractivity contribution < 1.29 is 4.79 Å². The second-order valence-corrected chi connectivity index (χ2v) is 9.01. The first kappa shape index (κ1) is 20.7. The van der Waals surface area contributed by atoms with Crippen molar-refractivity contribution in [3.05, 3.63) is 65.7 Å². The summed E-state index contributed by atoms with van der Waals surface area (Å²) in [5.74, 6) is 0.268. The van der Waals surface area contributed by atoms with Crippen molar-refractivity contribution in [2.75, 3.05) is 44.5 Å². The van der Waals surface area contributed by atoms with E-state index < -0.39 is 0 Å². The lowest BCUT2D eigenvalue weighted by Crippen LogP contribution is -2.32. The molecule has 0 bridgehead atoms. The first-order valence-electron chi connectivity index (χ1n) is 10.9. The second-order valence-electron chi connectivity index (χ2n) is 9.01. The standard InChI is InChI=1S/C26H33N3O/c1-27(2)21-12-7-19(8-13-21)9-16-25-26(20-10-14-22(15-11-20)28(3)4)23(18-30)24-6-5-17-29(24)25/h7-16,18,23-26H,5-6,17H2,1-4H3/b16-9+/t23-,24-,25-,26+/m1/s1. The highest BCUT2D eigenvalue weighted by molar-refractivity contribution is 5.62. The molecule has 4 nitrogen and oxygen atoms in total. The highest BCUT2D eigenvalue weighted by Crippen LogP contribution is 2.46. The van der Waals surface area contributed by atoms with Crippen LogP contribution >= 0.6 is 0 Å². The van der Waals surface area contributed by atoms with Gasteiger partial charge in [0, 0.05) is 63.5 Å². The van der Waals surface area contributed by atoms with Crippen LogP contribution in [0.4, 0.5) is 11.4 Å². The summed E-state index contributed by atoms with van der Waals surface area (Å²) in [4.78, 5) is 19.0. The molecule has 2 saturated heterocycles. The molecule has 4 rings (SSSR count). The minimum atomic E-state index is 0.0588. The van der Waals surface area contributed by atoms with Crippen LogP contribution in [-0.4, -0.2) is 58.0 Å². The van der Waals surface area contributed by atoms with Crippen LogP contribution in [0.15, 0.2) is 54.6 Å². The van der Waals surface area contributed by atoms with E-state index in [1.54, 1.807) is 0 Å². The molecule has 0 unspecified atom stereocenters. The van der Waals surface area contributed by atoms with Crippen LogP contribution in [0.1, 0.15) is 29.9 Å². The van der Waals surface area contributed by atoms with Crippen LogP contribution < -0.4 is 9.80 Å². The van der Waals surface area contributed by atoms with E-state index in [1.165, 1.54) is 35.2 Å². The molecule has 158 valence electrons. The number of benzene rings is 2. The lowest BCUT2D eigenvalue weighted by Gasteiger charge is -2.25. The van der Waals surface area contributed by atoms with E-state index in [0.29, 0.717) is 6.04 Å². The van der Waals surface area contributed by atoms with Crippen molar-refractivity contribution >= 4 is 23.7 Å². The first-order chi connectivity index (χ1) is 14.5. The van der Waals surface area contributed by atoms with Gasteiger partial charge in [0.15, 0.2) is 0 Å². The molecule has 2 heterocycles. The summed E-state index contributed by atoms with van der Waals surface area (Å²) < 4.78 is 0. The minimum Gasteiger partial charge on any atom is -0.378 e. The average Bonchev–Trinajstić information content (AvgIpc) is 3.33. The largest absolute Gasteiger partial charge is 0.378 e. The van der Waals surface area contributed by atoms with Gasteiger partial charge < -0.3 is 14.6 Å². The number of aldehydes is 1. The molecule has 0 saturated carbocycles. The zero-order chi connectivity index (χ0) is 21.3. The molecule has 0 N–H and O–H groups in total. The number of hydrogen-bond acceptors (Lipinski definition) is 4. The zero-order valence-corrected chi connectivity index (χ0v) is 18.5. The van der Waals surface area contributed by atoms with Gasteiger partial charge >= 0.3 is 0 Å². The Morgan fingerprint density at radius 1 is 0.900 bits per heavy atom. The van der Waals surface area contributed by atoms with Crippen LogP contribution in [-0.2, 0) is 4.79 Å². The Hall–Kier alpha value is -2.59. The van der Waals surface area contributed by atoms with E-state index in [0.717, 1.165) is 13.0 Å². The molecule has 2 fully saturated rings. The van der Waals surface area contributed by atoms with Gasteiger partial charge in [-0.15, -0.1) is 0 Å². The monoisotopic (exact) mass is 403 g/mol.